The van der Waals surface area contributed by atoms with Crippen LogP contribution in [0.2, 0.25) is 0 Å². The SMILES string of the molecule is COCCOCCNC(C)c1csc(C)n1. The first-order valence-corrected chi connectivity index (χ1v) is 6.34. The molecule has 1 rings (SSSR count). The number of aryl methyl sites for hydroxylation is 1. The van der Waals surface area contributed by atoms with Gasteiger partial charge < -0.3 is 14.8 Å². The largest absolute Gasteiger partial charge is 0.382 e. The highest BCUT2D eigenvalue weighted by molar-refractivity contribution is 7.09. The summed E-state index contributed by atoms with van der Waals surface area (Å²) >= 11 is 1.68. The molecule has 1 N–H and O–H groups in total. The van der Waals surface area contributed by atoms with Crippen LogP contribution in [0, 0.1) is 6.92 Å². The van der Waals surface area contributed by atoms with Gasteiger partial charge in [0.05, 0.1) is 30.5 Å². The van der Waals surface area contributed by atoms with Gasteiger partial charge in [-0.2, -0.15) is 0 Å². The van der Waals surface area contributed by atoms with E-state index in [1.54, 1.807) is 18.4 Å². The van der Waals surface area contributed by atoms with Crippen molar-refractivity contribution in [2.24, 2.45) is 0 Å². The average molecular weight is 244 g/mol. The van der Waals surface area contributed by atoms with Crippen LogP contribution in [0.25, 0.3) is 0 Å². The predicted octanol–water partition coefficient (Wildman–Crippen LogP) is 1.77. The first-order chi connectivity index (χ1) is 7.74. The van der Waals surface area contributed by atoms with E-state index in [-0.39, 0.29) is 6.04 Å². The molecule has 0 aromatic carbocycles. The van der Waals surface area contributed by atoms with Crippen LogP contribution in [0.1, 0.15) is 23.7 Å². The Bertz CT molecular complexity index is 291. The summed E-state index contributed by atoms with van der Waals surface area (Å²) in [4.78, 5) is 4.43. The summed E-state index contributed by atoms with van der Waals surface area (Å²) < 4.78 is 10.2. The third-order valence-corrected chi connectivity index (χ3v) is 3.00. The van der Waals surface area contributed by atoms with Gasteiger partial charge in [0.25, 0.3) is 0 Å². The number of rotatable bonds is 8. The van der Waals surface area contributed by atoms with Crippen molar-refractivity contribution in [1.29, 1.82) is 0 Å². The topological polar surface area (TPSA) is 43.4 Å². The number of nitrogens with zero attached hydrogens (tertiary/aromatic N) is 1. The molecule has 0 aliphatic rings. The Morgan fingerprint density at radius 1 is 1.44 bits per heavy atom. The number of ether oxygens (including phenoxy) is 2. The van der Waals surface area contributed by atoms with Crippen LogP contribution in [-0.4, -0.2) is 38.5 Å². The Labute approximate surface area is 101 Å². The molecule has 0 aliphatic heterocycles. The molecule has 0 spiro atoms. The van der Waals surface area contributed by atoms with Gasteiger partial charge in [-0.25, -0.2) is 4.98 Å². The number of aromatic nitrogens is 1. The van der Waals surface area contributed by atoms with Gasteiger partial charge in [-0.3, -0.25) is 0 Å². The lowest BCUT2D eigenvalue weighted by atomic mass is 10.2. The number of hydrogen-bond donors (Lipinski definition) is 1. The van der Waals surface area contributed by atoms with Crippen LogP contribution in [0.15, 0.2) is 5.38 Å². The summed E-state index contributed by atoms with van der Waals surface area (Å²) in [7, 11) is 1.67. The van der Waals surface area contributed by atoms with Crippen molar-refractivity contribution in [2.45, 2.75) is 19.9 Å². The summed E-state index contributed by atoms with van der Waals surface area (Å²) in [5.41, 5.74) is 1.11. The molecule has 0 radical (unpaired) electrons. The maximum absolute atomic E-state index is 5.36. The first kappa shape index (κ1) is 13.6. The van der Waals surface area contributed by atoms with Gasteiger partial charge in [0.1, 0.15) is 0 Å². The van der Waals surface area contributed by atoms with Crippen molar-refractivity contribution in [3.63, 3.8) is 0 Å². The van der Waals surface area contributed by atoms with E-state index < -0.39 is 0 Å². The predicted molar refractivity (Wildman–Crippen MR) is 66.0 cm³/mol. The fraction of sp³-hybridized carbons (Fsp3) is 0.727. The molecular weight excluding hydrogens is 224 g/mol. The zero-order chi connectivity index (χ0) is 11.8. The van der Waals surface area contributed by atoms with E-state index in [2.05, 4.69) is 22.6 Å². The van der Waals surface area contributed by atoms with E-state index in [0.717, 1.165) is 17.2 Å². The van der Waals surface area contributed by atoms with Gasteiger partial charge in [0, 0.05) is 25.1 Å². The smallest absolute Gasteiger partial charge is 0.0898 e. The molecule has 1 atom stereocenters. The van der Waals surface area contributed by atoms with Gasteiger partial charge in [-0.05, 0) is 13.8 Å². The molecule has 0 saturated heterocycles. The van der Waals surface area contributed by atoms with E-state index in [1.165, 1.54) is 0 Å². The molecule has 0 aliphatic carbocycles. The lowest BCUT2D eigenvalue weighted by Gasteiger charge is -2.11. The molecule has 16 heavy (non-hydrogen) atoms. The van der Waals surface area contributed by atoms with Crippen molar-refractivity contribution in [3.05, 3.63) is 16.1 Å². The highest BCUT2D eigenvalue weighted by Gasteiger charge is 2.07. The van der Waals surface area contributed by atoms with Crippen molar-refractivity contribution in [1.82, 2.24) is 10.3 Å². The second-order valence-electron chi connectivity index (χ2n) is 3.57. The molecule has 5 heteroatoms. The summed E-state index contributed by atoms with van der Waals surface area (Å²) in [6.07, 6.45) is 0. The second-order valence-corrected chi connectivity index (χ2v) is 4.63. The Morgan fingerprint density at radius 2 is 2.25 bits per heavy atom. The van der Waals surface area contributed by atoms with Gasteiger partial charge in [0.2, 0.25) is 0 Å². The van der Waals surface area contributed by atoms with Crippen LogP contribution >= 0.6 is 11.3 Å². The first-order valence-electron chi connectivity index (χ1n) is 5.46. The van der Waals surface area contributed by atoms with Crippen molar-refractivity contribution < 1.29 is 9.47 Å². The maximum Gasteiger partial charge on any atom is 0.0898 e. The molecule has 0 fully saturated rings. The zero-order valence-corrected chi connectivity index (χ0v) is 11.0. The normalized spacial score (nSPS) is 12.9. The summed E-state index contributed by atoms with van der Waals surface area (Å²) in [5.74, 6) is 0. The van der Waals surface area contributed by atoms with E-state index in [1.807, 2.05) is 6.92 Å². The minimum Gasteiger partial charge on any atom is -0.382 e. The Kier molecular flexibility index (Phi) is 6.56. The third kappa shape index (κ3) is 5.03. The summed E-state index contributed by atoms with van der Waals surface area (Å²) in [6, 6.07) is 0.288. The minimum atomic E-state index is 0.288. The maximum atomic E-state index is 5.36. The Balaban J connectivity index is 2.09. The number of methoxy groups -OCH3 is 1. The van der Waals surface area contributed by atoms with Crippen LogP contribution in [0.3, 0.4) is 0 Å². The molecule has 1 unspecified atom stereocenters. The zero-order valence-electron chi connectivity index (χ0n) is 10.2. The average Bonchev–Trinajstić information content (AvgIpc) is 2.70. The fourth-order valence-electron chi connectivity index (χ4n) is 1.28. The second kappa shape index (κ2) is 7.73. The fourth-order valence-corrected chi connectivity index (χ4v) is 1.98. The van der Waals surface area contributed by atoms with Crippen LogP contribution < -0.4 is 5.32 Å². The van der Waals surface area contributed by atoms with Gasteiger partial charge >= 0.3 is 0 Å². The van der Waals surface area contributed by atoms with Crippen molar-refractivity contribution in [3.8, 4) is 0 Å². The van der Waals surface area contributed by atoms with Crippen molar-refractivity contribution >= 4 is 11.3 Å². The molecule has 92 valence electrons. The minimum absolute atomic E-state index is 0.288. The third-order valence-electron chi connectivity index (χ3n) is 2.21. The highest BCUT2D eigenvalue weighted by Crippen LogP contribution is 2.15. The molecule has 1 aromatic rings. The number of nitrogens with one attached hydrogen (secondary N) is 1. The lowest BCUT2D eigenvalue weighted by molar-refractivity contribution is 0.0712. The monoisotopic (exact) mass is 244 g/mol. The molecule has 1 aromatic heterocycles. The van der Waals surface area contributed by atoms with Gasteiger partial charge in [-0.1, -0.05) is 0 Å². The summed E-state index contributed by atoms with van der Waals surface area (Å²) in [6.45, 7) is 6.99. The molecule has 0 amide bonds. The standard InChI is InChI=1S/C11H20N2O2S/c1-9(11-8-16-10(2)13-11)12-4-5-15-7-6-14-3/h8-9,12H,4-7H2,1-3H3. The van der Waals surface area contributed by atoms with Gasteiger partial charge in [-0.15, -0.1) is 11.3 Å². The molecule has 0 bridgehead atoms. The molecule has 0 saturated carbocycles. The van der Waals surface area contributed by atoms with Gasteiger partial charge in [0.15, 0.2) is 0 Å². The highest BCUT2D eigenvalue weighted by atomic mass is 32.1. The Morgan fingerprint density at radius 3 is 2.88 bits per heavy atom. The van der Waals surface area contributed by atoms with E-state index in [9.17, 15) is 0 Å². The lowest BCUT2D eigenvalue weighted by Crippen LogP contribution is -2.24. The quantitative estimate of drug-likeness (QED) is 0.708. The number of thiazole rings is 1. The van der Waals surface area contributed by atoms with E-state index >= 15 is 0 Å². The van der Waals surface area contributed by atoms with E-state index in [4.69, 9.17) is 9.47 Å². The molecule has 4 nitrogen and oxygen atoms in total. The van der Waals surface area contributed by atoms with E-state index in [0.29, 0.717) is 19.8 Å². The van der Waals surface area contributed by atoms with Crippen LogP contribution in [-0.2, 0) is 9.47 Å². The Hall–Kier alpha value is -0.490. The molecule has 1 heterocycles. The molecular formula is C11H20N2O2S. The van der Waals surface area contributed by atoms with Crippen LogP contribution in [0.4, 0.5) is 0 Å². The summed E-state index contributed by atoms with van der Waals surface area (Å²) in [5, 5.41) is 6.57. The van der Waals surface area contributed by atoms with Crippen LogP contribution in [0.5, 0.6) is 0 Å². The van der Waals surface area contributed by atoms with Crippen molar-refractivity contribution in [2.75, 3.05) is 33.5 Å². The number of hydrogen-bond acceptors (Lipinski definition) is 5.